The second-order valence-corrected chi connectivity index (χ2v) is 19.7. The summed E-state index contributed by atoms with van der Waals surface area (Å²) in [5.41, 5.74) is 8.59. The van der Waals surface area contributed by atoms with Crippen LogP contribution < -0.4 is 10.7 Å². The number of allylic oxidation sites excluding steroid dienone is 2. The molecule has 2 saturated heterocycles. The Morgan fingerprint density at radius 1 is 1.19 bits per heavy atom. The maximum Gasteiger partial charge on any atom is 0.324 e. The van der Waals surface area contributed by atoms with Gasteiger partial charge in [-0.3, -0.25) is 34.3 Å². The molecule has 0 spiro atoms. The molecule has 1 saturated carbocycles. The van der Waals surface area contributed by atoms with Crippen LogP contribution in [0, 0.1) is 23.2 Å². The van der Waals surface area contributed by atoms with Crippen LogP contribution in [-0.4, -0.2) is 133 Å². The molecule has 3 fully saturated rings. The van der Waals surface area contributed by atoms with E-state index in [1.165, 1.54) is 5.01 Å². The van der Waals surface area contributed by atoms with E-state index in [2.05, 4.69) is 79.6 Å². The number of thioether (sulfide) groups is 1. The maximum atomic E-state index is 14.9. The molecule has 63 heavy (non-hydrogen) atoms. The molecule has 1 aromatic heterocycles. The Bertz CT molecular complexity index is 2120. The van der Waals surface area contributed by atoms with E-state index in [0.29, 0.717) is 56.3 Å². The van der Waals surface area contributed by atoms with Gasteiger partial charge < -0.3 is 28.8 Å². The highest BCUT2D eigenvalue weighted by molar-refractivity contribution is 8.14. The SMILES string of the molecule is C=C/C(=C(\N=C/C)[C@H](C)OC)c1c2c3cc(ccc3n1CC)C1CSC(=N1)[C@@H](OCCN1CC[C@H](OC)C1)[C@H](NC(=O)[C@H]1[C@H](C)[C@@H]1C)C(=O)N1CCC[C@H](N1)C(=O)OCC(C)(C)C2. The van der Waals surface area contributed by atoms with Crippen molar-refractivity contribution in [1.29, 1.82) is 0 Å². The number of cyclic esters (lactones) is 1. The van der Waals surface area contributed by atoms with Crippen molar-refractivity contribution in [3.8, 4) is 0 Å². The van der Waals surface area contributed by atoms with Gasteiger partial charge in [-0.15, -0.1) is 11.8 Å². The zero-order valence-corrected chi connectivity index (χ0v) is 39.6. The van der Waals surface area contributed by atoms with Crippen molar-refractivity contribution >= 4 is 57.3 Å². The van der Waals surface area contributed by atoms with Gasteiger partial charge in [0, 0.05) is 86.7 Å². The molecule has 344 valence electrons. The minimum atomic E-state index is -1.08. The topological polar surface area (TPSA) is 148 Å². The highest BCUT2D eigenvalue weighted by atomic mass is 32.2. The number of benzene rings is 1. The predicted molar refractivity (Wildman–Crippen MR) is 250 cm³/mol. The van der Waals surface area contributed by atoms with Crippen LogP contribution in [0.3, 0.4) is 0 Å². The number of aliphatic imine (C=N–C) groups is 2. The van der Waals surface area contributed by atoms with Gasteiger partial charge in [0.1, 0.15) is 23.2 Å². The molecule has 9 atom stereocenters. The highest BCUT2D eigenvalue weighted by Crippen LogP contribution is 2.46. The Morgan fingerprint density at radius 2 is 1.97 bits per heavy atom. The number of methoxy groups -OCH3 is 2. The normalized spacial score (nSPS) is 29.9. The number of fused-ring (bicyclic) bond motifs is 5. The van der Waals surface area contributed by atoms with E-state index in [9.17, 15) is 14.4 Å². The first kappa shape index (κ1) is 47.1. The van der Waals surface area contributed by atoms with Gasteiger partial charge in [0.05, 0.1) is 42.9 Å². The van der Waals surface area contributed by atoms with Crippen molar-refractivity contribution in [2.75, 3.05) is 59.4 Å². The van der Waals surface area contributed by atoms with Gasteiger partial charge >= 0.3 is 5.97 Å². The lowest BCUT2D eigenvalue weighted by atomic mass is 9.84. The number of aromatic nitrogens is 1. The van der Waals surface area contributed by atoms with Crippen LogP contribution in [0.25, 0.3) is 16.5 Å². The summed E-state index contributed by atoms with van der Waals surface area (Å²) in [6.07, 6.45) is 5.28. The Labute approximate surface area is 377 Å². The molecule has 5 aliphatic rings. The minimum Gasteiger partial charge on any atom is -0.464 e. The van der Waals surface area contributed by atoms with Crippen LogP contribution in [0.2, 0.25) is 0 Å². The fourth-order valence-corrected chi connectivity index (χ4v) is 11.0. The van der Waals surface area contributed by atoms with Crippen LogP contribution in [0.5, 0.6) is 0 Å². The van der Waals surface area contributed by atoms with E-state index in [1.807, 2.05) is 19.9 Å². The number of nitrogens with one attached hydrogen (secondary N) is 2. The van der Waals surface area contributed by atoms with Crippen LogP contribution in [0.15, 0.2) is 46.5 Å². The number of hydrogen-bond acceptors (Lipinski definition) is 12. The van der Waals surface area contributed by atoms with Crippen LogP contribution in [0.4, 0.5) is 0 Å². The Balaban J connectivity index is 1.36. The smallest absolute Gasteiger partial charge is 0.324 e. The van der Waals surface area contributed by atoms with E-state index in [4.69, 9.17) is 28.9 Å². The van der Waals surface area contributed by atoms with Crippen LogP contribution >= 0.6 is 11.8 Å². The zero-order chi connectivity index (χ0) is 45.2. The summed E-state index contributed by atoms with van der Waals surface area (Å²) in [7, 11) is 3.43. The first-order valence-corrected chi connectivity index (χ1v) is 23.9. The van der Waals surface area contributed by atoms with Gasteiger partial charge in [0.2, 0.25) is 5.91 Å². The fourth-order valence-electron chi connectivity index (χ4n) is 9.80. The molecule has 2 aromatic rings. The predicted octanol–water partition coefficient (Wildman–Crippen LogP) is 5.98. The number of carbonyl (C=O) groups is 3. The van der Waals surface area contributed by atoms with Crippen LogP contribution in [-0.2, 0) is 46.3 Å². The number of aryl methyl sites for hydroxylation is 1. The third-order valence-electron chi connectivity index (χ3n) is 13.8. The van der Waals surface area contributed by atoms with E-state index in [0.717, 1.165) is 58.5 Å². The monoisotopic (exact) mass is 887 g/mol. The molecule has 7 rings (SSSR count). The second-order valence-electron chi connectivity index (χ2n) is 18.6. The van der Waals surface area contributed by atoms with Crippen molar-refractivity contribution < 1.29 is 33.3 Å². The van der Waals surface area contributed by atoms with Crippen molar-refractivity contribution in [2.24, 2.45) is 33.2 Å². The van der Waals surface area contributed by atoms with E-state index in [1.54, 1.807) is 32.2 Å². The van der Waals surface area contributed by atoms with Gasteiger partial charge in [0.15, 0.2) is 0 Å². The quantitative estimate of drug-likeness (QED) is 0.140. The maximum absolute atomic E-state index is 14.9. The third kappa shape index (κ3) is 10.0. The van der Waals surface area contributed by atoms with Gasteiger partial charge in [0.25, 0.3) is 5.91 Å². The molecular formula is C48H69N7O7S. The van der Waals surface area contributed by atoms with Gasteiger partial charge in [-0.1, -0.05) is 46.4 Å². The molecule has 14 nitrogen and oxygen atoms in total. The van der Waals surface area contributed by atoms with E-state index >= 15 is 0 Å². The zero-order valence-electron chi connectivity index (χ0n) is 38.8. The number of nitrogens with zero attached hydrogens (tertiary/aromatic N) is 5. The standard InChI is InChI=1S/C48H69N7O7S/c1-11-33(40(49-12-2)30(6)59-9)42-35-24-48(7,8)27-62-47(58)36-15-14-19-55(52-36)46(57)41(51-44(56)39-28(4)29(39)5)43(61-22-21-53-20-18-32(25-53)60-10)45-50-37(26-63-45)31-16-17-38(34(35)23-31)54(42)13-3/h11-12,16-17,23,28-30,32,36-37,39,41,43,52H,1,13-15,18-22,24-27H2,2-10H3,(H,51,56)/b40-33+,49-12-/t28-,29+,30-,32-,36-,37?,39+,41-,43-/m0/s1. The molecule has 1 aromatic carbocycles. The average molecular weight is 888 g/mol. The summed E-state index contributed by atoms with van der Waals surface area (Å²) in [6.45, 7) is 22.6. The van der Waals surface area contributed by atoms with Crippen molar-refractivity contribution in [3.63, 3.8) is 0 Å². The highest BCUT2D eigenvalue weighted by Gasteiger charge is 2.50. The lowest BCUT2D eigenvalue weighted by Crippen LogP contribution is -2.63. The Kier molecular flexibility index (Phi) is 15.0. The van der Waals surface area contributed by atoms with Gasteiger partial charge in [-0.05, 0) is 81.5 Å². The number of carbonyl (C=O) groups excluding carboxylic acids is 3. The molecule has 1 unspecified atom stereocenters. The number of ether oxygens (including phenoxy) is 4. The number of esters is 1. The average Bonchev–Trinajstić information content (AvgIpc) is 3.74. The van der Waals surface area contributed by atoms with Crippen molar-refractivity contribution in [3.05, 3.63) is 53.4 Å². The Morgan fingerprint density at radius 3 is 2.63 bits per heavy atom. The molecule has 2 N–H and O–H groups in total. The second kappa shape index (κ2) is 20.1. The summed E-state index contributed by atoms with van der Waals surface area (Å²) in [4.78, 5) is 55.4. The lowest BCUT2D eigenvalue weighted by molar-refractivity contribution is -0.156. The van der Waals surface area contributed by atoms with Crippen molar-refractivity contribution in [1.82, 2.24) is 25.2 Å². The molecule has 6 bridgehead atoms. The Hall–Kier alpha value is -3.86. The number of amides is 2. The van der Waals surface area contributed by atoms with Crippen molar-refractivity contribution in [2.45, 2.75) is 117 Å². The van der Waals surface area contributed by atoms with E-state index < -0.39 is 29.6 Å². The summed E-state index contributed by atoms with van der Waals surface area (Å²) in [6, 6.07) is 4.52. The number of rotatable bonds is 13. The molecule has 15 heteroatoms. The molecule has 5 heterocycles. The van der Waals surface area contributed by atoms with Crippen LogP contribution in [0.1, 0.15) is 90.6 Å². The lowest BCUT2D eigenvalue weighted by Gasteiger charge is -2.37. The molecule has 0 radical (unpaired) electrons. The molecule has 2 amide bonds. The summed E-state index contributed by atoms with van der Waals surface area (Å²) in [5.74, 6) is -0.103. The number of likely N-dealkylation sites (tertiary alicyclic amines) is 1. The summed E-state index contributed by atoms with van der Waals surface area (Å²) < 4.78 is 26.8. The number of hydrazine groups is 1. The first-order valence-electron chi connectivity index (χ1n) is 22.9. The summed E-state index contributed by atoms with van der Waals surface area (Å²) >= 11 is 1.58. The molecular weight excluding hydrogens is 819 g/mol. The van der Waals surface area contributed by atoms with E-state index in [-0.39, 0.29) is 54.4 Å². The first-order chi connectivity index (χ1) is 30.2. The number of hydrogen-bond donors (Lipinski definition) is 2. The third-order valence-corrected chi connectivity index (χ3v) is 14.9. The minimum absolute atomic E-state index is 0.152. The fraction of sp³-hybridized carbons (Fsp3) is 0.646. The summed E-state index contributed by atoms with van der Waals surface area (Å²) in [5, 5.41) is 6.41. The van der Waals surface area contributed by atoms with Gasteiger partial charge in [-0.2, -0.15) is 0 Å². The molecule has 4 aliphatic heterocycles. The largest absolute Gasteiger partial charge is 0.464 e. The van der Waals surface area contributed by atoms with Gasteiger partial charge in [-0.25, -0.2) is 5.43 Å². The molecule has 1 aliphatic carbocycles.